The van der Waals surface area contributed by atoms with E-state index < -0.39 is 60.8 Å². The fourth-order valence-electron chi connectivity index (χ4n) is 4.08. The minimum atomic E-state index is -1.61. The fraction of sp³-hybridized carbons (Fsp3) is 0.379. The zero-order valence-corrected chi connectivity index (χ0v) is 23.5. The predicted molar refractivity (Wildman–Crippen MR) is 149 cm³/mol. The number of nitrogens with zero attached hydrogens (tertiary/aromatic N) is 1. The Morgan fingerprint density at radius 1 is 0.905 bits per heavy atom. The van der Waals surface area contributed by atoms with E-state index in [2.05, 4.69) is 16.0 Å². The Bertz CT molecular complexity index is 1320. The van der Waals surface area contributed by atoms with Gasteiger partial charge in [-0.05, 0) is 30.0 Å². The maximum Gasteiger partial charge on any atom is 0.408 e. The number of rotatable bonds is 14. The Morgan fingerprint density at radius 3 is 2.24 bits per heavy atom. The van der Waals surface area contributed by atoms with Crippen molar-refractivity contribution in [1.29, 1.82) is 0 Å². The van der Waals surface area contributed by atoms with Crippen LogP contribution in [-0.2, 0) is 46.6 Å². The van der Waals surface area contributed by atoms with Crippen LogP contribution in [0.5, 0.6) is 0 Å². The number of nitrogens with one attached hydrogen (secondary N) is 3. The molecular weight excluding hydrogens is 548 g/mol. The number of carboxylic acids is 1. The topological polar surface area (TPSA) is 180 Å². The molecule has 2 aromatic carbocycles. The van der Waals surface area contributed by atoms with Gasteiger partial charge < -0.3 is 25.8 Å². The molecule has 1 heterocycles. The number of alkyl carbamates (subject to hydrolysis) is 1. The van der Waals surface area contributed by atoms with Crippen molar-refractivity contribution in [2.45, 2.75) is 58.3 Å². The van der Waals surface area contributed by atoms with Crippen LogP contribution in [0.15, 0.2) is 54.6 Å². The first kappa shape index (κ1) is 31.7. The van der Waals surface area contributed by atoms with Crippen LogP contribution in [0.3, 0.4) is 0 Å². The van der Waals surface area contributed by atoms with E-state index in [0.29, 0.717) is 5.69 Å². The van der Waals surface area contributed by atoms with Gasteiger partial charge in [0.25, 0.3) is 5.91 Å². The summed E-state index contributed by atoms with van der Waals surface area (Å²) < 4.78 is 5.16. The summed E-state index contributed by atoms with van der Waals surface area (Å²) in [5.41, 5.74) is 2.00. The largest absolute Gasteiger partial charge is 0.480 e. The third kappa shape index (κ3) is 8.86. The monoisotopic (exact) mass is 582 g/mol. The first-order chi connectivity index (χ1) is 20.0. The van der Waals surface area contributed by atoms with Crippen LogP contribution in [0.2, 0.25) is 0 Å². The molecule has 42 heavy (non-hydrogen) atoms. The molecular formula is C29H34N4O9. The second-order valence-corrected chi connectivity index (χ2v) is 10.1. The first-order valence-corrected chi connectivity index (χ1v) is 13.3. The standard InChI is InChI=1S/C29H34N4O9/c1-17(2)25(32-29(40)41-15-19-9-5-4-6-10-19)27(37)30-18(3)26(36)31-22(28(38)39)14-21(34)16-42-33-23-12-8-7-11-20(23)13-24(33)35/h4-12,17-18,22,25H,13-16H2,1-3H3,(H,30,37)(H,31,36)(H,32,40)(H,38,39). The van der Waals surface area contributed by atoms with Crippen molar-refractivity contribution in [3.05, 3.63) is 65.7 Å². The van der Waals surface area contributed by atoms with Crippen LogP contribution in [0.4, 0.5) is 10.5 Å². The summed E-state index contributed by atoms with van der Waals surface area (Å²) in [6, 6.07) is 12.0. The van der Waals surface area contributed by atoms with E-state index in [9.17, 15) is 33.9 Å². The molecule has 0 fully saturated rings. The summed E-state index contributed by atoms with van der Waals surface area (Å²) in [5.74, 6) is -4.42. The molecule has 13 nitrogen and oxygen atoms in total. The quantitative estimate of drug-likeness (QED) is 0.257. The molecule has 0 aromatic heterocycles. The van der Waals surface area contributed by atoms with Gasteiger partial charge in [0.1, 0.15) is 31.3 Å². The number of benzene rings is 2. The van der Waals surface area contributed by atoms with E-state index in [4.69, 9.17) is 9.57 Å². The van der Waals surface area contributed by atoms with E-state index >= 15 is 0 Å². The van der Waals surface area contributed by atoms with Gasteiger partial charge in [-0.25, -0.2) is 9.59 Å². The maximum atomic E-state index is 12.9. The van der Waals surface area contributed by atoms with E-state index in [-0.39, 0.29) is 24.9 Å². The highest BCUT2D eigenvalue weighted by molar-refractivity contribution is 6.00. The number of Topliss-reactive ketones (excluding diaryl/α,β-unsaturated/α-hetero) is 1. The van der Waals surface area contributed by atoms with Gasteiger partial charge in [-0.2, -0.15) is 5.06 Å². The summed E-state index contributed by atoms with van der Waals surface area (Å²) in [6.45, 7) is 4.12. The van der Waals surface area contributed by atoms with E-state index in [1.807, 2.05) is 6.07 Å². The van der Waals surface area contributed by atoms with Gasteiger partial charge >= 0.3 is 12.1 Å². The van der Waals surface area contributed by atoms with E-state index in [1.165, 1.54) is 6.92 Å². The highest BCUT2D eigenvalue weighted by Gasteiger charge is 2.32. The zero-order chi connectivity index (χ0) is 30.8. The molecule has 0 spiro atoms. The normalized spacial score (nSPS) is 14.4. The molecule has 3 unspecified atom stereocenters. The molecule has 0 saturated heterocycles. The van der Waals surface area contributed by atoms with Crippen LogP contribution >= 0.6 is 0 Å². The lowest BCUT2D eigenvalue weighted by molar-refractivity contribution is -0.144. The average Bonchev–Trinajstić information content (AvgIpc) is 3.28. The van der Waals surface area contributed by atoms with Crippen LogP contribution in [0.25, 0.3) is 0 Å². The number of aliphatic carboxylic acids is 1. The van der Waals surface area contributed by atoms with Crippen LogP contribution in [0.1, 0.15) is 38.3 Å². The Morgan fingerprint density at radius 2 is 1.57 bits per heavy atom. The Kier molecular flexibility index (Phi) is 11.1. The summed E-state index contributed by atoms with van der Waals surface area (Å²) in [5, 5.41) is 17.7. The second-order valence-electron chi connectivity index (χ2n) is 10.1. The molecule has 3 atom stereocenters. The number of hydroxylamine groups is 1. The number of carboxylic acid groups (broad SMARTS) is 1. The number of hydrogen-bond donors (Lipinski definition) is 4. The summed E-state index contributed by atoms with van der Waals surface area (Å²) >= 11 is 0. The molecule has 2 aromatic rings. The number of fused-ring (bicyclic) bond motifs is 1. The van der Waals surface area contributed by atoms with Crippen molar-refractivity contribution < 1.29 is 43.4 Å². The van der Waals surface area contributed by atoms with Gasteiger partial charge in [0.15, 0.2) is 5.78 Å². The lowest BCUT2D eigenvalue weighted by Crippen LogP contribution is -2.56. The molecule has 1 aliphatic rings. The summed E-state index contributed by atoms with van der Waals surface area (Å²) in [4.78, 5) is 79.6. The van der Waals surface area contributed by atoms with Crippen molar-refractivity contribution in [3.8, 4) is 0 Å². The van der Waals surface area contributed by atoms with Crippen molar-refractivity contribution in [2.24, 2.45) is 5.92 Å². The molecule has 4 N–H and O–H groups in total. The number of anilines is 1. The van der Waals surface area contributed by atoms with Crippen LogP contribution in [0, 0.1) is 5.92 Å². The SMILES string of the molecule is CC(NC(=O)C(NC(=O)OCc1ccccc1)C(C)C)C(=O)NC(CC(=O)CON1C(=O)Cc2ccccc21)C(=O)O. The molecule has 4 amide bonds. The number of ketones is 1. The molecule has 0 bridgehead atoms. The lowest BCUT2D eigenvalue weighted by Gasteiger charge is -2.24. The average molecular weight is 583 g/mol. The van der Waals surface area contributed by atoms with Crippen molar-refractivity contribution >= 4 is 41.3 Å². The molecule has 224 valence electrons. The van der Waals surface area contributed by atoms with Gasteiger partial charge in [0.2, 0.25) is 11.8 Å². The van der Waals surface area contributed by atoms with Crippen molar-refractivity contribution in [2.75, 3.05) is 11.7 Å². The van der Waals surface area contributed by atoms with Gasteiger partial charge in [0.05, 0.1) is 12.1 Å². The number of hydrogen-bond acceptors (Lipinski definition) is 8. The highest BCUT2D eigenvalue weighted by Crippen LogP contribution is 2.28. The smallest absolute Gasteiger partial charge is 0.408 e. The van der Waals surface area contributed by atoms with Crippen LogP contribution in [-0.4, -0.2) is 65.4 Å². The Balaban J connectivity index is 1.49. The molecule has 1 aliphatic heterocycles. The third-order valence-electron chi connectivity index (χ3n) is 6.37. The molecule has 0 aliphatic carbocycles. The number of carbonyl (C=O) groups is 6. The van der Waals surface area contributed by atoms with E-state index in [0.717, 1.165) is 16.2 Å². The Hall–Kier alpha value is -4.78. The number of para-hydroxylation sites is 1. The fourth-order valence-corrected chi connectivity index (χ4v) is 4.08. The Labute approximate surface area is 242 Å². The van der Waals surface area contributed by atoms with Crippen molar-refractivity contribution in [3.63, 3.8) is 0 Å². The third-order valence-corrected chi connectivity index (χ3v) is 6.37. The number of carbonyl (C=O) groups excluding carboxylic acids is 5. The predicted octanol–water partition coefficient (Wildman–Crippen LogP) is 1.49. The zero-order valence-electron chi connectivity index (χ0n) is 23.5. The maximum absolute atomic E-state index is 12.9. The minimum Gasteiger partial charge on any atom is -0.480 e. The molecule has 0 radical (unpaired) electrons. The molecule has 13 heteroatoms. The van der Waals surface area contributed by atoms with Gasteiger partial charge in [-0.1, -0.05) is 62.4 Å². The minimum absolute atomic E-state index is 0.000115. The second kappa shape index (κ2) is 14.7. The summed E-state index contributed by atoms with van der Waals surface area (Å²) in [6.07, 6.45) is -1.32. The van der Waals surface area contributed by atoms with Crippen LogP contribution < -0.4 is 21.0 Å². The molecule has 3 rings (SSSR count). The highest BCUT2D eigenvalue weighted by atomic mass is 16.7. The number of amides is 4. The van der Waals surface area contributed by atoms with Crippen molar-refractivity contribution in [1.82, 2.24) is 16.0 Å². The van der Waals surface area contributed by atoms with Gasteiger partial charge in [-0.3, -0.25) is 24.0 Å². The van der Waals surface area contributed by atoms with Gasteiger partial charge in [0, 0.05) is 6.42 Å². The molecule has 0 saturated carbocycles. The number of ether oxygens (including phenoxy) is 1. The first-order valence-electron chi connectivity index (χ1n) is 13.3. The summed E-state index contributed by atoms with van der Waals surface area (Å²) in [7, 11) is 0. The van der Waals surface area contributed by atoms with E-state index in [1.54, 1.807) is 62.4 Å². The van der Waals surface area contributed by atoms with Gasteiger partial charge in [-0.15, -0.1) is 0 Å². The lowest BCUT2D eigenvalue weighted by atomic mass is 10.0.